The summed E-state index contributed by atoms with van der Waals surface area (Å²) in [6, 6.07) is 0.190. The first-order valence-electron chi connectivity index (χ1n) is 6.04. The largest absolute Gasteiger partial charge is 0.461 e. The first kappa shape index (κ1) is 15.8. The Morgan fingerprint density at radius 3 is 2.53 bits per heavy atom. The maximum absolute atomic E-state index is 9.24. The van der Waals surface area contributed by atoms with Crippen LogP contribution in [0.3, 0.4) is 0 Å². The van der Waals surface area contributed by atoms with Crippen molar-refractivity contribution in [3.8, 4) is 6.01 Å². The molecular formula is C11H21N5O2S. The number of ether oxygens (including phenoxy) is 1. The molecule has 8 heteroatoms. The minimum atomic E-state index is -0.0385. The van der Waals surface area contributed by atoms with Crippen LogP contribution in [-0.4, -0.2) is 50.3 Å². The van der Waals surface area contributed by atoms with Gasteiger partial charge in [0.2, 0.25) is 11.9 Å². The fraction of sp³-hybridized carbons (Fsp3) is 0.727. The summed E-state index contributed by atoms with van der Waals surface area (Å²) in [5.74, 6) is 0.452. The molecule has 7 nitrogen and oxygen atoms in total. The third-order valence-electron chi connectivity index (χ3n) is 2.37. The van der Waals surface area contributed by atoms with Crippen LogP contribution in [0.5, 0.6) is 6.01 Å². The highest BCUT2D eigenvalue weighted by atomic mass is 32.2. The second-order valence-electron chi connectivity index (χ2n) is 4.36. The molecule has 2 unspecified atom stereocenters. The van der Waals surface area contributed by atoms with Gasteiger partial charge in [0, 0.05) is 11.3 Å². The van der Waals surface area contributed by atoms with E-state index in [-0.39, 0.29) is 36.0 Å². The van der Waals surface area contributed by atoms with Crippen LogP contribution in [0.1, 0.15) is 20.8 Å². The average Bonchev–Trinajstić information content (AvgIpc) is 2.28. The van der Waals surface area contributed by atoms with Crippen LogP contribution in [0, 0.1) is 0 Å². The number of nitrogens with two attached hydrogens (primary N) is 1. The molecule has 1 rings (SSSR count). The van der Waals surface area contributed by atoms with Gasteiger partial charge in [0.25, 0.3) is 0 Å². The highest BCUT2D eigenvalue weighted by Crippen LogP contribution is 2.16. The summed E-state index contributed by atoms with van der Waals surface area (Å²) in [6.45, 7) is 5.78. The standard InChI is InChI=1S/C11H21N5O2S/c1-6(2)18-11-15-9(12)14-10(16-11)13-7(3)8(5-17)19-4/h6-8,17H,5H2,1-4H3,(H3,12,13,14,15,16). The lowest BCUT2D eigenvalue weighted by atomic mass is 10.2. The summed E-state index contributed by atoms with van der Waals surface area (Å²) in [7, 11) is 0. The minimum absolute atomic E-state index is 0.00583. The van der Waals surface area contributed by atoms with E-state index in [1.165, 1.54) is 0 Å². The van der Waals surface area contributed by atoms with Gasteiger partial charge in [0.05, 0.1) is 12.7 Å². The van der Waals surface area contributed by atoms with Crippen molar-refractivity contribution in [1.29, 1.82) is 0 Å². The van der Waals surface area contributed by atoms with Crippen molar-refractivity contribution in [2.75, 3.05) is 23.9 Å². The van der Waals surface area contributed by atoms with E-state index in [1.54, 1.807) is 11.8 Å². The third-order valence-corrected chi connectivity index (χ3v) is 3.53. The van der Waals surface area contributed by atoms with E-state index >= 15 is 0 Å². The van der Waals surface area contributed by atoms with Crippen LogP contribution in [-0.2, 0) is 0 Å². The van der Waals surface area contributed by atoms with E-state index in [0.29, 0.717) is 5.95 Å². The van der Waals surface area contributed by atoms with Gasteiger partial charge in [-0.05, 0) is 27.0 Å². The third kappa shape index (κ3) is 5.07. The number of aliphatic hydroxyl groups is 1. The van der Waals surface area contributed by atoms with E-state index in [9.17, 15) is 5.11 Å². The van der Waals surface area contributed by atoms with Crippen molar-refractivity contribution in [2.45, 2.75) is 38.2 Å². The Morgan fingerprint density at radius 2 is 2.00 bits per heavy atom. The first-order valence-corrected chi connectivity index (χ1v) is 7.33. The fourth-order valence-corrected chi connectivity index (χ4v) is 2.06. The zero-order chi connectivity index (χ0) is 14.4. The van der Waals surface area contributed by atoms with Crippen molar-refractivity contribution in [1.82, 2.24) is 15.0 Å². The number of rotatable bonds is 7. The van der Waals surface area contributed by atoms with Crippen molar-refractivity contribution in [3.63, 3.8) is 0 Å². The molecule has 19 heavy (non-hydrogen) atoms. The number of nitrogen functional groups attached to an aromatic ring is 1. The lowest BCUT2D eigenvalue weighted by Crippen LogP contribution is -2.32. The van der Waals surface area contributed by atoms with E-state index in [4.69, 9.17) is 10.5 Å². The molecule has 2 atom stereocenters. The number of nitrogens with one attached hydrogen (secondary N) is 1. The topological polar surface area (TPSA) is 106 Å². The molecule has 108 valence electrons. The maximum atomic E-state index is 9.24. The SMILES string of the molecule is CSC(CO)C(C)Nc1nc(N)nc(OC(C)C)n1. The number of aliphatic hydroxyl groups excluding tert-OH is 1. The van der Waals surface area contributed by atoms with Crippen LogP contribution < -0.4 is 15.8 Å². The molecule has 0 bridgehead atoms. The molecule has 0 fully saturated rings. The van der Waals surface area contributed by atoms with Crippen LogP contribution in [0.4, 0.5) is 11.9 Å². The van der Waals surface area contributed by atoms with Gasteiger partial charge in [0.1, 0.15) is 0 Å². The van der Waals surface area contributed by atoms with Crippen molar-refractivity contribution in [2.24, 2.45) is 0 Å². The number of aromatic nitrogens is 3. The Balaban J connectivity index is 2.80. The highest BCUT2D eigenvalue weighted by molar-refractivity contribution is 7.99. The summed E-state index contributed by atoms with van der Waals surface area (Å²) in [6.07, 6.45) is 1.90. The Kier molecular flexibility index (Phi) is 6.10. The lowest BCUT2D eigenvalue weighted by molar-refractivity contribution is 0.222. The predicted molar refractivity (Wildman–Crippen MR) is 77.5 cm³/mol. The van der Waals surface area contributed by atoms with Crippen LogP contribution in [0.2, 0.25) is 0 Å². The molecule has 0 spiro atoms. The lowest BCUT2D eigenvalue weighted by Gasteiger charge is -2.21. The summed E-state index contributed by atoms with van der Waals surface area (Å²) in [4.78, 5) is 12.0. The molecule has 1 aromatic rings. The van der Waals surface area contributed by atoms with E-state index in [2.05, 4.69) is 20.3 Å². The van der Waals surface area contributed by atoms with Gasteiger partial charge >= 0.3 is 6.01 Å². The Bertz CT molecular complexity index is 401. The summed E-state index contributed by atoms with van der Waals surface area (Å²) in [5.41, 5.74) is 5.62. The van der Waals surface area contributed by atoms with Crippen LogP contribution in [0.25, 0.3) is 0 Å². The molecule has 1 aromatic heterocycles. The summed E-state index contributed by atoms with van der Waals surface area (Å²) in [5, 5.41) is 12.4. The molecular weight excluding hydrogens is 266 g/mol. The van der Waals surface area contributed by atoms with Crippen molar-refractivity contribution in [3.05, 3.63) is 0 Å². The van der Waals surface area contributed by atoms with E-state index in [0.717, 1.165) is 0 Å². The fourth-order valence-electron chi connectivity index (χ4n) is 1.43. The molecule has 0 saturated carbocycles. The van der Waals surface area contributed by atoms with Crippen molar-refractivity contribution < 1.29 is 9.84 Å². The van der Waals surface area contributed by atoms with Gasteiger partial charge in [-0.2, -0.15) is 26.7 Å². The van der Waals surface area contributed by atoms with Crippen LogP contribution in [0.15, 0.2) is 0 Å². The molecule has 0 aliphatic carbocycles. The average molecular weight is 287 g/mol. The number of anilines is 2. The van der Waals surface area contributed by atoms with Crippen LogP contribution >= 0.6 is 11.8 Å². The Labute approximate surface area is 117 Å². The van der Waals surface area contributed by atoms with E-state index in [1.807, 2.05) is 27.0 Å². The predicted octanol–water partition coefficient (Wildman–Crippen LogP) is 0.765. The minimum Gasteiger partial charge on any atom is -0.461 e. The molecule has 0 radical (unpaired) electrons. The monoisotopic (exact) mass is 287 g/mol. The van der Waals surface area contributed by atoms with Gasteiger partial charge in [-0.3, -0.25) is 0 Å². The molecule has 0 aromatic carbocycles. The Hall–Kier alpha value is -1.28. The zero-order valence-electron chi connectivity index (χ0n) is 11.6. The maximum Gasteiger partial charge on any atom is 0.323 e. The van der Waals surface area contributed by atoms with Gasteiger partial charge < -0.3 is 20.9 Å². The second-order valence-corrected chi connectivity index (χ2v) is 5.43. The normalized spacial score (nSPS) is 14.2. The zero-order valence-corrected chi connectivity index (χ0v) is 12.4. The first-order chi connectivity index (χ1) is 8.96. The molecule has 4 N–H and O–H groups in total. The number of thioether (sulfide) groups is 1. The summed E-state index contributed by atoms with van der Waals surface area (Å²) < 4.78 is 5.39. The molecule has 0 saturated heterocycles. The number of nitrogens with zero attached hydrogens (tertiary/aromatic N) is 3. The highest BCUT2D eigenvalue weighted by Gasteiger charge is 2.17. The van der Waals surface area contributed by atoms with Gasteiger partial charge in [-0.15, -0.1) is 0 Å². The van der Waals surface area contributed by atoms with Crippen molar-refractivity contribution >= 4 is 23.7 Å². The number of hydrogen-bond donors (Lipinski definition) is 3. The smallest absolute Gasteiger partial charge is 0.323 e. The van der Waals surface area contributed by atoms with E-state index < -0.39 is 0 Å². The molecule has 0 amide bonds. The van der Waals surface area contributed by atoms with Gasteiger partial charge in [-0.1, -0.05) is 0 Å². The van der Waals surface area contributed by atoms with Gasteiger partial charge in [0.15, 0.2) is 0 Å². The summed E-state index contributed by atoms with van der Waals surface area (Å²) >= 11 is 1.57. The molecule has 0 aliphatic rings. The molecule has 1 heterocycles. The Morgan fingerprint density at radius 1 is 1.32 bits per heavy atom. The van der Waals surface area contributed by atoms with Gasteiger partial charge in [-0.25, -0.2) is 0 Å². The quantitative estimate of drug-likeness (QED) is 0.675. The number of hydrogen-bond acceptors (Lipinski definition) is 8. The molecule has 0 aliphatic heterocycles. The second kappa shape index (κ2) is 7.34.